The number of fused-ring (bicyclic) bond motifs is 1. The van der Waals surface area contributed by atoms with Gasteiger partial charge in [-0.1, -0.05) is 0 Å². The zero-order valence-corrected chi connectivity index (χ0v) is 9.40. The van der Waals surface area contributed by atoms with Crippen LogP contribution < -0.4 is 0 Å². The van der Waals surface area contributed by atoms with Gasteiger partial charge in [-0.2, -0.15) is 5.10 Å². The van der Waals surface area contributed by atoms with E-state index >= 15 is 0 Å². The third-order valence-corrected chi connectivity index (χ3v) is 3.08. The molecule has 2 aromatic heterocycles. The summed E-state index contributed by atoms with van der Waals surface area (Å²) in [5, 5.41) is 5.53. The molecule has 0 atom stereocenters. The van der Waals surface area contributed by atoms with Crippen molar-refractivity contribution in [2.75, 3.05) is 0 Å². The summed E-state index contributed by atoms with van der Waals surface area (Å²) in [6.07, 6.45) is 4.04. The second kappa shape index (κ2) is 3.14. The first kappa shape index (κ1) is 9.51. The first-order valence-electron chi connectivity index (χ1n) is 5.50. The van der Waals surface area contributed by atoms with Crippen LogP contribution >= 0.6 is 0 Å². The summed E-state index contributed by atoms with van der Waals surface area (Å²) in [5.41, 5.74) is 2.64. The van der Waals surface area contributed by atoms with Crippen LogP contribution in [-0.4, -0.2) is 20.5 Å². The van der Waals surface area contributed by atoms with Crippen molar-refractivity contribution in [1.82, 2.24) is 14.8 Å². The quantitative estimate of drug-likeness (QED) is 0.720. The number of nitrogens with zero attached hydrogens (tertiary/aromatic N) is 3. The largest absolute Gasteiger partial charge is 0.294 e. The molecule has 1 aliphatic carbocycles. The lowest BCUT2D eigenvalue weighted by Gasteiger charge is -1.96. The molecule has 0 saturated heterocycles. The summed E-state index contributed by atoms with van der Waals surface area (Å²) in [7, 11) is 1.90. The van der Waals surface area contributed by atoms with Crippen LogP contribution in [0.15, 0.2) is 12.3 Å². The van der Waals surface area contributed by atoms with Gasteiger partial charge in [-0.15, -0.1) is 0 Å². The van der Waals surface area contributed by atoms with Gasteiger partial charge >= 0.3 is 0 Å². The molecular formula is C12H13N3O. The van der Waals surface area contributed by atoms with Crippen LogP contribution in [0.5, 0.6) is 0 Å². The Morgan fingerprint density at radius 1 is 1.50 bits per heavy atom. The highest BCUT2D eigenvalue weighted by Gasteiger charge is 2.29. The molecule has 2 aromatic rings. The van der Waals surface area contributed by atoms with E-state index in [-0.39, 0.29) is 5.78 Å². The topological polar surface area (TPSA) is 47.8 Å². The fourth-order valence-electron chi connectivity index (χ4n) is 2.02. The predicted octanol–water partition coefficient (Wildman–Crippen LogP) is 2.05. The molecule has 0 spiro atoms. The Morgan fingerprint density at radius 3 is 2.88 bits per heavy atom. The average Bonchev–Trinajstić information content (AvgIpc) is 3.04. The number of hydrogen-bond acceptors (Lipinski definition) is 3. The molecule has 1 aliphatic rings. The van der Waals surface area contributed by atoms with E-state index in [4.69, 9.17) is 0 Å². The molecule has 1 fully saturated rings. The maximum atomic E-state index is 11.3. The minimum absolute atomic E-state index is 0.0556. The van der Waals surface area contributed by atoms with Gasteiger partial charge in [-0.25, -0.2) is 4.98 Å². The fraction of sp³-hybridized carbons (Fsp3) is 0.417. The Balaban J connectivity index is 2.26. The molecule has 4 nitrogen and oxygen atoms in total. The molecule has 0 unspecified atom stereocenters. The number of Topliss-reactive ketones (excluding diaryl/α,β-unsaturated/α-hetero) is 1. The number of hydrogen-bond donors (Lipinski definition) is 0. The maximum absolute atomic E-state index is 11.3. The lowest BCUT2D eigenvalue weighted by molar-refractivity contribution is 0.101. The summed E-state index contributed by atoms with van der Waals surface area (Å²) in [5.74, 6) is 0.632. The molecule has 0 amide bonds. The second-order valence-corrected chi connectivity index (χ2v) is 4.43. The van der Waals surface area contributed by atoms with E-state index in [1.54, 1.807) is 17.8 Å². The first-order chi connectivity index (χ1) is 7.66. The van der Waals surface area contributed by atoms with Crippen molar-refractivity contribution in [3.05, 3.63) is 23.5 Å². The second-order valence-electron chi connectivity index (χ2n) is 4.43. The van der Waals surface area contributed by atoms with E-state index < -0.39 is 0 Å². The molecule has 0 radical (unpaired) electrons. The normalized spacial score (nSPS) is 15.6. The van der Waals surface area contributed by atoms with Crippen molar-refractivity contribution in [2.45, 2.75) is 25.7 Å². The van der Waals surface area contributed by atoms with Gasteiger partial charge in [-0.05, 0) is 25.8 Å². The zero-order chi connectivity index (χ0) is 11.3. The van der Waals surface area contributed by atoms with Crippen LogP contribution in [0.2, 0.25) is 0 Å². The van der Waals surface area contributed by atoms with E-state index in [0.717, 1.165) is 16.7 Å². The van der Waals surface area contributed by atoms with Gasteiger partial charge in [0.15, 0.2) is 11.4 Å². The minimum atomic E-state index is 0.0556. The Hall–Kier alpha value is -1.71. The molecule has 4 heteroatoms. The van der Waals surface area contributed by atoms with E-state index in [2.05, 4.69) is 10.1 Å². The number of pyridine rings is 1. The smallest absolute Gasteiger partial charge is 0.161 e. The number of carbonyl (C=O) groups is 1. The maximum Gasteiger partial charge on any atom is 0.161 e. The van der Waals surface area contributed by atoms with Gasteiger partial charge in [0, 0.05) is 30.1 Å². The number of rotatable bonds is 2. The molecule has 0 N–H and O–H groups in total. The van der Waals surface area contributed by atoms with Crippen LogP contribution in [0, 0.1) is 0 Å². The molecule has 16 heavy (non-hydrogen) atoms. The van der Waals surface area contributed by atoms with Crippen LogP contribution in [-0.2, 0) is 7.05 Å². The zero-order valence-electron chi connectivity index (χ0n) is 9.40. The highest BCUT2D eigenvalue weighted by molar-refractivity contribution is 5.97. The van der Waals surface area contributed by atoms with Gasteiger partial charge in [0.05, 0.1) is 5.69 Å². The lowest BCUT2D eigenvalue weighted by Crippen LogP contribution is -1.95. The van der Waals surface area contributed by atoms with Gasteiger partial charge in [0.2, 0.25) is 0 Å². The summed E-state index contributed by atoms with van der Waals surface area (Å²) in [6, 6.07) is 1.92. The van der Waals surface area contributed by atoms with E-state index in [0.29, 0.717) is 11.5 Å². The molecule has 2 heterocycles. The number of carbonyl (C=O) groups excluding carboxylic acids is 1. The van der Waals surface area contributed by atoms with Crippen molar-refractivity contribution in [3.63, 3.8) is 0 Å². The molecule has 3 rings (SSSR count). The van der Waals surface area contributed by atoms with Crippen molar-refractivity contribution in [1.29, 1.82) is 0 Å². The van der Waals surface area contributed by atoms with Gasteiger partial charge in [0.1, 0.15) is 0 Å². The average molecular weight is 215 g/mol. The molecule has 1 saturated carbocycles. The third-order valence-electron chi connectivity index (χ3n) is 3.08. The Labute approximate surface area is 93.3 Å². The number of aromatic nitrogens is 3. The summed E-state index contributed by atoms with van der Waals surface area (Å²) in [4.78, 5) is 15.6. The highest BCUT2D eigenvalue weighted by atomic mass is 16.1. The van der Waals surface area contributed by atoms with E-state index in [9.17, 15) is 4.79 Å². The van der Waals surface area contributed by atoms with Gasteiger partial charge < -0.3 is 0 Å². The molecular weight excluding hydrogens is 202 g/mol. The summed E-state index contributed by atoms with van der Waals surface area (Å²) in [6.45, 7) is 1.57. The van der Waals surface area contributed by atoms with Crippen molar-refractivity contribution in [2.24, 2.45) is 7.05 Å². The van der Waals surface area contributed by atoms with Crippen LogP contribution in [0.3, 0.4) is 0 Å². The summed E-state index contributed by atoms with van der Waals surface area (Å²) >= 11 is 0. The minimum Gasteiger partial charge on any atom is -0.294 e. The SMILES string of the molecule is CC(=O)c1cnc2c(c1)c(C1CC1)nn2C. The molecule has 0 bridgehead atoms. The highest BCUT2D eigenvalue weighted by Crippen LogP contribution is 2.42. The first-order valence-corrected chi connectivity index (χ1v) is 5.50. The Morgan fingerprint density at radius 2 is 2.25 bits per heavy atom. The van der Waals surface area contributed by atoms with Crippen LogP contribution in [0.4, 0.5) is 0 Å². The third kappa shape index (κ3) is 1.33. The predicted molar refractivity (Wildman–Crippen MR) is 60.5 cm³/mol. The van der Waals surface area contributed by atoms with Crippen molar-refractivity contribution < 1.29 is 4.79 Å². The van der Waals surface area contributed by atoms with Gasteiger partial charge in [0.25, 0.3) is 0 Å². The monoisotopic (exact) mass is 215 g/mol. The van der Waals surface area contributed by atoms with E-state index in [1.807, 2.05) is 13.1 Å². The Bertz CT molecular complexity index is 581. The molecule has 0 aliphatic heterocycles. The van der Waals surface area contributed by atoms with Crippen LogP contribution in [0.1, 0.15) is 41.7 Å². The summed E-state index contributed by atoms with van der Waals surface area (Å²) < 4.78 is 1.80. The Kier molecular flexibility index (Phi) is 1.87. The number of aryl methyl sites for hydroxylation is 1. The standard InChI is InChI=1S/C12H13N3O/c1-7(16)9-5-10-11(8-3-4-8)14-15(2)12(10)13-6-9/h5-6,8H,3-4H2,1-2H3. The van der Waals surface area contributed by atoms with Crippen molar-refractivity contribution in [3.8, 4) is 0 Å². The fourth-order valence-corrected chi connectivity index (χ4v) is 2.02. The number of ketones is 1. The van der Waals surface area contributed by atoms with Crippen LogP contribution in [0.25, 0.3) is 11.0 Å². The van der Waals surface area contributed by atoms with E-state index in [1.165, 1.54) is 12.8 Å². The van der Waals surface area contributed by atoms with Gasteiger partial charge in [-0.3, -0.25) is 9.48 Å². The lowest BCUT2D eigenvalue weighted by atomic mass is 10.1. The molecule has 82 valence electrons. The molecule has 0 aromatic carbocycles. The van der Waals surface area contributed by atoms with Crippen molar-refractivity contribution >= 4 is 16.8 Å².